The average Bonchev–Trinajstić information content (AvgIpc) is 3.63. The van der Waals surface area contributed by atoms with E-state index in [1.165, 1.54) is 13.4 Å². The fraction of sp³-hybridized carbons (Fsp3) is 0.609. The van der Waals surface area contributed by atoms with Crippen molar-refractivity contribution in [2.45, 2.75) is 63.7 Å². The average molecular weight is 518 g/mol. The van der Waals surface area contributed by atoms with E-state index in [1.54, 1.807) is 22.5 Å². The Morgan fingerprint density at radius 3 is 2.68 bits per heavy atom. The molecule has 14 nitrogen and oxygen atoms in total. The number of fused-ring (bicyclic) bond motifs is 1. The van der Waals surface area contributed by atoms with Crippen LogP contribution in [0.5, 0.6) is 6.01 Å². The lowest BCUT2D eigenvalue weighted by atomic mass is 10.1. The number of carbonyl (C=O) groups is 1. The van der Waals surface area contributed by atoms with Crippen LogP contribution < -0.4 is 10.1 Å². The quantitative estimate of drug-likeness (QED) is 0.412. The monoisotopic (exact) mass is 517 g/mol. The van der Waals surface area contributed by atoms with Crippen molar-refractivity contribution in [2.75, 3.05) is 32.1 Å². The molecule has 3 N–H and O–H groups in total. The Balaban J connectivity index is 1.37. The minimum Gasteiger partial charge on any atom is -0.467 e. The molecule has 200 valence electrons. The minimum absolute atomic E-state index is 0.0392. The predicted molar refractivity (Wildman–Crippen MR) is 128 cm³/mol. The maximum absolute atomic E-state index is 12.0. The number of hydrogen-bond acceptors (Lipinski definition) is 12. The SMILES string of the molecule is CCOC(=O)N1CCC(Nc2nc(OC)nc3c2ncn3[C@@H]2O[C@H](c3cc(CC)no3)[C@@H](O)[C@H]2O)CC1. The summed E-state index contributed by atoms with van der Waals surface area (Å²) in [5.74, 6) is 0.793. The fourth-order valence-electron chi connectivity index (χ4n) is 4.64. The van der Waals surface area contributed by atoms with Gasteiger partial charge in [-0.25, -0.2) is 9.78 Å². The molecule has 2 aliphatic rings. The molecule has 0 spiro atoms. The number of aryl methyl sites for hydroxylation is 1. The van der Waals surface area contributed by atoms with E-state index < -0.39 is 24.5 Å². The molecule has 0 saturated carbocycles. The molecule has 0 aliphatic carbocycles. The van der Waals surface area contributed by atoms with Crippen molar-refractivity contribution in [1.29, 1.82) is 0 Å². The lowest BCUT2D eigenvalue weighted by Crippen LogP contribution is -2.42. The molecule has 2 saturated heterocycles. The van der Waals surface area contributed by atoms with E-state index in [9.17, 15) is 15.0 Å². The van der Waals surface area contributed by atoms with Crippen molar-refractivity contribution in [1.82, 2.24) is 29.6 Å². The number of aliphatic hydroxyl groups is 2. The van der Waals surface area contributed by atoms with Gasteiger partial charge in [-0.2, -0.15) is 9.97 Å². The molecule has 5 heterocycles. The summed E-state index contributed by atoms with van der Waals surface area (Å²) in [5, 5.41) is 28.9. The molecule has 14 heteroatoms. The first kappa shape index (κ1) is 25.2. The Morgan fingerprint density at radius 1 is 1.22 bits per heavy atom. The van der Waals surface area contributed by atoms with Crippen molar-refractivity contribution >= 4 is 23.1 Å². The van der Waals surface area contributed by atoms with E-state index in [-0.39, 0.29) is 18.1 Å². The zero-order chi connectivity index (χ0) is 26.1. The number of piperidine rings is 1. The van der Waals surface area contributed by atoms with Gasteiger partial charge in [0.2, 0.25) is 0 Å². The molecule has 4 atom stereocenters. The van der Waals surface area contributed by atoms with E-state index >= 15 is 0 Å². The normalized spacial score (nSPS) is 24.5. The molecule has 3 aromatic rings. The number of nitrogens with one attached hydrogen (secondary N) is 1. The van der Waals surface area contributed by atoms with E-state index in [2.05, 4.69) is 25.4 Å². The number of rotatable bonds is 7. The summed E-state index contributed by atoms with van der Waals surface area (Å²) in [4.78, 5) is 27.0. The lowest BCUT2D eigenvalue weighted by molar-refractivity contribution is -0.0434. The van der Waals surface area contributed by atoms with Gasteiger partial charge in [0.15, 0.2) is 29.0 Å². The van der Waals surface area contributed by atoms with Crippen LogP contribution in [-0.4, -0.2) is 90.9 Å². The summed E-state index contributed by atoms with van der Waals surface area (Å²) in [7, 11) is 1.46. The number of amides is 1. The summed E-state index contributed by atoms with van der Waals surface area (Å²) < 4.78 is 23.3. The first-order valence-corrected chi connectivity index (χ1v) is 12.4. The van der Waals surface area contributed by atoms with Crippen LogP contribution in [0.2, 0.25) is 0 Å². The van der Waals surface area contributed by atoms with E-state index in [1.807, 2.05) is 6.92 Å². The summed E-state index contributed by atoms with van der Waals surface area (Å²) in [6.07, 6.45) is -1.18. The van der Waals surface area contributed by atoms with Gasteiger partial charge in [0, 0.05) is 25.2 Å². The second kappa shape index (κ2) is 10.5. The number of imidazole rings is 1. The van der Waals surface area contributed by atoms with Gasteiger partial charge in [-0.05, 0) is 26.2 Å². The fourth-order valence-corrected chi connectivity index (χ4v) is 4.64. The third-order valence-electron chi connectivity index (χ3n) is 6.68. The lowest BCUT2D eigenvalue weighted by Gasteiger charge is -2.31. The second-order valence-electron chi connectivity index (χ2n) is 8.99. The molecule has 1 amide bonds. The van der Waals surface area contributed by atoms with Gasteiger partial charge in [-0.1, -0.05) is 12.1 Å². The molecular weight excluding hydrogens is 486 g/mol. The van der Waals surface area contributed by atoms with Crippen LogP contribution in [0.4, 0.5) is 10.6 Å². The summed E-state index contributed by atoms with van der Waals surface area (Å²) in [5.41, 5.74) is 1.54. The van der Waals surface area contributed by atoms with Crippen LogP contribution in [0.1, 0.15) is 50.5 Å². The zero-order valence-corrected chi connectivity index (χ0v) is 20.9. The molecule has 2 aliphatic heterocycles. The van der Waals surface area contributed by atoms with Crippen molar-refractivity contribution in [2.24, 2.45) is 0 Å². The molecule has 37 heavy (non-hydrogen) atoms. The van der Waals surface area contributed by atoms with Gasteiger partial charge in [0.1, 0.15) is 18.3 Å². The summed E-state index contributed by atoms with van der Waals surface area (Å²) >= 11 is 0. The Morgan fingerprint density at radius 2 is 2.00 bits per heavy atom. The highest BCUT2D eigenvalue weighted by Gasteiger charge is 2.47. The molecule has 2 fully saturated rings. The van der Waals surface area contributed by atoms with Gasteiger partial charge >= 0.3 is 12.1 Å². The van der Waals surface area contributed by atoms with Crippen LogP contribution >= 0.6 is 0 Å². The van der Waals surface area contributed by atoms with Crippen molar-refractivity contribution in [3.63, 3.8) is 0 Å². The van der Waals surface area contributed by atoms with Crippen LogP contribution in [0.15, 0.2) is 16.9 Å². The molecular formula is C23H31N7O7. The predicted octanol–water partition coefficient (Wildman–Crippen LogP) is 1.41. The first-order valence-electron chi connectivity index (χ1n) is 12.4. The Hall–Kier alpha value is -3.49. The van der Waals surface area contributed by atoms with Crippen molar-refractivity contribution in [3.8, 4) is 6.01 Å². The van der Waals surface area contributed by atoms with Gasteiger partial charge < -0.3 is 39.2 Å². The topological polar surface area (TPSA) is 170 Å². The third-order valence-corrected chi connectivity index (χ3v) is 6.68. The standard InChI is InChI=1S/C23H31N7O7/c1-4-12-10-14(37-28-12)18-16(31)17(32)21(36-18)30-11-24-15-19(26-22(34-3)27-20(15)30)25-13-6-8-29(9-7-13)23(33)35-5-2/h10-11,13,16-18,21,31-32H,4-9H2,1-3H3,(H,25,26,27)/t16-,17+,18+,21+/m0/s1. The number of likely N-dealkylation sites (tertiary alicyclic amines) is 1. The molecule has 0 bridgehead atoms. The van der Waals surface area contributed by atoms with Gasteiger partial charge in [0.25, 0.3) is 0 Å². The number of carbonyl (C=O) groups excluding carboxylic acids is 1. The molecule has 5 rings (SSSR count). The van der Waals surface area contributed by atoms with E-state index in [4.69, 9.17) is 18.7 Å². The number of methoxy groups -OCH3 is 1. The minimum atomic E-state index is -1.28. The van der Waals surface area contributed by atoms with Crippen molar-refractivity contribution in [3.05, 3.63) is 23.8 Å². The number of anilines is 1. The highest BCUT2D eigenvalue weighted by Crippen LogP contribution is 2.40. The van der Waals surface area contributed by atoms with Crippen LogP contribution in [0, 0.1) is 0 Å². The van der Waals surface area contributed by atoms with Crippen LogP contribution in [0.25, 0.3) is 11.2 Å². The zero-order valence-electron chi connectivity index (χ0n) is 20.9. The Labute approximate surface area is 212 Å². The number of nitrogens with zero attached hydrogens (tertiary/aromatic N) is 6. The number of ether oxygens (including phenoxy) is 3. The number of aliphatic hydroxyl groups excluding tert-OH is 2. The molecule has 0 unspecified atom stereocenters. The van der Waals surface area contributed by atoms with Crippen LogP contribution in [0.3, 0.4) is 0 Å². The summed E-state index contributed by atoms with van der Waals surface area (Å²) in [6.45, 7) is 5.17. The van der Waals surface area contributed by atoms with Crippen LogP contribution in [-0.2, 0) is 15.9 Å². The second-order valence-corrected chi connectivity index (χ2v) is 8.99. The molecule has 3 aromatic heterocycles. The largest absolute Gasteiger partial charge is 0.467 e. The number of hydrogen-bond donors (Lipinski definition) is 3. The highest BCUT2D eigenvalue weighted by atomic mass is 16.6. The Bertz CT molecular complexity index is 1240. The van der Waals surface area contributed by atoms with Gasteiger partial charge in [-0.3, -0.25) is 4.57 Å². The van der Waals surface area contributed by atoms with Gasteiger partial charge in [0.05, 0.1) is 25.7 Å². The van der Waals surface area contributed by atoms with Crippen molar-refractivity contribution < 1.29 is 33.7 Å². The molecule has 0 radical (unpaired) electrons. The Kier molecular flexibility index (Phi) is 7.13. The smallest absolute Gasteiger partial charge is 0.409 e. The molecule has 0 aromatic carbocycles. The number of aromatic nitrogens is 5. The first-order chi connectivity index (χ1) is 17.9. The highest BCUT2D eigenvalue weighted by molar-refractivity contribution is 5.83. The van der Waals surface area contributed by atoms with E-state index in [0.717, 1.165) is 5.69 Å². The maximum Gasteiger partial charge on any atom is 0.409 e. The third kappa shape index (κ3) is 4.79. The maximum atomic E-state index is 12.0. The van der Waals surface area contributed by atoms with Gasteiger partial charge in [-0.15, -0.1) is 0 Å². The summed E-state index contributed by atoms with van der Waals surface area (Å²) in [6, 6.07) is 1.85. The van der Waals surface area contributed by atoms with E-state index in [0.29, 0.717) is 61.7 Å².